The van der Waals surface area contributed by atoms with E-state index in [2.05, 4.69) is 21.0 Å². The van der Waals surface area contributed by atoms with Crippen molar-refractivity contribution >= 4 is 25.9 Å². The molecule has 0 amide bonds. The van der Waals surface area contributed by atoms with Crippen LogP contribution in [0.4, 0.5) is 0 Å². The van der Waals surface area contributed by atoms with Crippen LogP contribution in [0.25, 0.3) is 0 Å². The van der Waals surface area contributed by atoms with Crippen LogP contribution < -0.4 is 11.1 Å². The van der Waals surface area contributed by atoms with Crippen molar-refractivity contribution in [2.45, 2.75) is 12.5 Å². The first kappa shape index (κ1) is 21.5. The Morgan fingerprint density at radius 1 is 1.30 bits per heavy atom. The van der Waals surface area contributed by atoms with E-state index in [0.29, 0.717) is 18.6 Å². The first-order chi connectivity index (χ1) is 8.86. The lowest BCUT2D eigenvalue weighted by Crippen LogP contribution is -2.91. The summed E-state index contributed by atoms with van der Waals surface area (Å²) < 4.78 is 54.5. The molecule has 1 heterocycles. The molecule has 0 radical (unpaired) electrons. The van der Waals surface area contributed by atoms with E-state index < -0.39 is 20.2 Å². The topological polar surface area (TPSA) is 180 Å². The smallest absolute Gasteiger partial charge is 0.141 e. The second-order valence-electron chi connectivity index (χ2n) is 3.94. The zero-order valence-corrected chi connectivity index (χ0v) is 13.2. The molecule has 122 valence electrons. The molecule has 12 heteroatoms. The molecule has 1 unspecified atom stereocenters. The van der Waals surface area contributed by atoms with Gasteiger partial charge in [-0.15, -0.1) is 0 Å². The molecule has 1 fully saturated rings. The average Bonchev–Trinajstić information content (AvgIpc) is 2.61. The van der Waals surface area contributed by atoms with Crippen LogP contribution in [0, 0.1) is 0 Å². The van der Waals surface area contributed by atoms with Crippen LogP contribution in [-0.4, -0.2) is 70.4 Å². The fourth-order valence-corrected chi connectivity index (χ4v) is 1.20. The third-order valence-electron chi connectivity index (χ3n) is 1.78. The number of nitrogens with zero attached hydrogens (tertiary/aromatic N) is 1. The van der Waals surface area contributed by atoms with E-state index in [4.69, 9.17) is 25.9 Å². The Hall–Kier alpha value is -0.790. The highest BCUT2D eigenvalue weighted by molar-refractivity contribution is 7.85. The Balaban J connectivity index is 0. The van der Waals surface area contributed by atoms with Gasteiger partial charge in [-0.2, -0.15) is 0 Å². The van der Waals surface area contributed by atoms with Gasteiger partial charge < -0.3 is 25.0 Å². The standard InChI is InChI=1S/C6H13N3O.2CH4O3S/c1-10-9-6-2-5(3-7)8-4-6;2*1-5(2,3)4/h5,8H,2-4,7H2,1H3;2*1H3,(H,2,3,4)/b9-6-;;. The van der Waals surface area contributed by atoms with Gasteiger partial charge in [-0.1, -0.05) is 5.16 Å². The third kappa shape index (κ3) is 25.9. The van der Waals surface area contributed by atoms with Crippen LogP contribution in [-0.2, 0) is 25.1 Å². The van der Waals surface area contributed by atoms with E-state index in [-0.39, 0.29) is 0 Å². The molecular formula is C8H21N3O7S2. The van der Waals surface area contributed by atoms with Gasteiger partial charge in [-0.25, -0.2) is 16.8 Å². The van der Waals surface area contributed by atoms with Gasteiger partial charge in [0.1, 0.15) is 32.0 Å². The molecule has 1 rings (SSSR count). The van der Waals surface area contributed by atoms with E-state index in [1.54, 1.807) is 7.11 Å². The van der Waals surface area contributed by atoms with E-state index >= 15 is 0 Å². The Bertz CT molecular complexity index is 440. The maximum Gasteiger partial charge on any atom is 0.141 e. The predicted octanol–water partition coefficient (Wildman–Crippen LogP) is -4.11. The van der Waals surface area contributed by atoms with Crippen molar-refractivity contribution < 1.29 is 41.8 Å². The molecule has 0 bridgehead atoms. The predicted molar refractivity (Wildman–Crippen MR) is 68.6 cm³/mol. The lowest BCUT2D eigenvalue weighted by atomic mass is 10.2. The minimum absolute atomic E-state index is 0.604. The summed E-state index contributed by atoms with van der Waals surface area (Å²) in [6.07, 6.45) is 2.25. The fraction of sp³-hybridized carbons (Fsp3) is 0.875. The van der Waals surface area contributed by atoms with Gasteiger partial charge in [0.25, 0.3) is 0 Å². The van der Waals surface area contributed by atoms with Crippen molar-refractivity contribution in [1.29, 1.82) is 0 Å². The molecule has 20 heavy (non-hydrogen) atoms. The lowest BCUT2D eigenvalue weighted by Gasteiger charge is -1.95. The summed E-state index contributed by atoms with van der Waals surface area (Å²) in [4.78, 5) is 4.67. The highest BCUT2D eigenvalue weighted by Crippen LogP contribution is 1.93. The molecule has 10 nitrogen and oxygen atoms in total. The second-order valence-corrected chi connectivity index (χ2v) is 6.76. The quantitative estimate of drug-likeness (QED) is 0.379. The van der Waals surface area contributed by atoms with Crippen molar-refractivity contribution in [3.8, 4) is 0 Å². The van der Waals surface area contributed by atoms with Gasteiger partial charge in [0.15, 0.2) is 0 Å². The summed E-state index contributed by atoms with van der Waals surface area (Å²) in [5, 5.41) is 6.13. The molecule has 1 atom stereocenters. The summed E-state index contributed by atoms with van der Waals surface area (Å²) in [6.45, 7) is 1.96. The highest BCUT2D eigenvalue weighted by atomic mass is 32.2. The Morgan fingerprint density at radius 2 is 1.70 bits per heavy atom. The van der Waals surface area contributed by atoms with Crippen molar-refractivity contribution in [3.05, 3.63) is 0 Å². The largest absolute Gasteiger partial charge is 0.748 e. The molecular weight excluding hydrogens is 314 g/mol. The number of hydrogen-bond acceptors (Lipinski definition) is 8. The second kappa shape index (κ2) is 10.0. The highest BCUT2D eigenvalue weighted by Gasteiger charge is 2.24. The number of quaternary nitrogens is 2. The Labute approximate surface area is 118 Å². The molecule has 0 aromatic carbocycles. The molecule has 0 aliphatic carbocycles. The molecule has 5 N–H and O–H groups in total. The summed E-state index contributed by atoms with van der Waals surface area (Å²) >= 11 is 0. The van der Waals surface area contributed by atoms with Gasteiger partial charge in [-0.05, 0) is 0 Å². The van der Waals surface area contributed by atoms with Crippen molar-refractivity contribution in [1.82, 2.24) is 0 Å². The molecule has 0 saturated carbocycles. The maximum atomic E-state index is 9.08. The fourth-order valence-electron chi connectivity index (χ4n) is 1.20. The summed E-state index contributed by atoms with van der Waals surface area (Å²) in [6, 6.07) is 0.633. The van der Waals surface area contributed by atoms with Crippen LogP contribution in [0.5, 0.6) is 0 Å². The van der Waals surface area contributed by atoms with Gasteiger partial charge in [-0.3, -0.25) is 0 Å². The first-order valence-corrected chi connectivity index (χ1v) is 9.03. The van der Waals surface area contributed by atoms with Crippen LogP contribution in [0.3, 0.4) is 0 Å². The van der Waals surface area contributed by atoms with Crippen LogP contribution in [0.1, 0.15) is 6.42 Å². The van der Waals surface area contributed by atoms with Crippen molar-refractivity contribution in [2.75, 3.05) is 32.7 Å². The number of hydrogen-bond donors (Lipinski definition) is 2. The minimum Gasteiger partial charge on any atom is -0.748 e. The van der Waals surface area contributed by atoms with Crippen LogP contribution in [0.15, 0.2) is 5.16 Å². The lowest BCUT2D eigenvalue weighted by molar-refractivity contribution is -0.682. The normalized spacial score (nSPS) is 20.5. The SMILES string of the molecule is CO/N=C1\C[NH2+]C(C[NH3+])C1.CS(=O)(=O)[O-].CS(=O)(=O)[O-]. The van der Waals surface area contributed by atoms with Gasteiger partial charge in [0.2, 0.25) is 0 Å². The number of nitrogens with two attached hydrogens (primary N) is 1. The van der Waals surface area contributed by atoms with Crippen molar-refractivity contribution in [2.24, 2.45) is 5.16 Å². The minimum atomic E-state index is -3.92. The molecule has 1 aliphatic rings. The summed E-state index contributed by atoms with van der Waals surface area (Å²) in [5.74, 6) is 0. The van der Waals surface area contributed by atoms with E-state index in [1.807, 2.05) is 0 Å². The van der Waals surface area contributed by atoms with E-state index in [9.17, 15) is 0 Å². The zero-order valence-electron chi connectivity index (χ0n) is 11.6. The zero-order chi connectivity index (χ0) is 16.4. The maximum absolute atomic E-state index is 9.08. The van der Waals surface area contributed by atoms with Gasteiger partial charge in [0.05, 0.1) is 26.7 Å². The van der Waals surface area contributed by atoms with E-state index in [1.165, 1.54) is 0 Å². The molecule has 0 aromatic rings. The first-order valence-electron chi connectivity index (χ1n) is 5.40. The van der Waals surface area contributed by atoms with Crippen LogP contribution >= 0.6 is 0 Å². The third-order valence-corrected chi connectivity index (χ3v) is 1.78. The Kier molecular flexibility index (Phi) is 10.8. The monoisotopic (exact) mass is 335 g/mol. The van der Waals surface area contributed by atoms with E-state index in [0.717, 1.165) is 25.2 Å². The summed E-state index contributed by atoms with van der Waals surface area (Å²) in [5.41, 5.74) is 4.98. The van der Waals surface area contributed by atoms with Gasteiger partial charge in [0, 0.05) is 12.5 Å². The Morgan fingerprint density at radius 3 is 1.95 bits per heavy atom. The number of rotatable bonds is 2. The average molecular weight is 335 g/mol. The molecule has 0 spiro atoms. The molecule has 0 aromatic heterocycles. The number of oxime groups is 1. The molecule has 1 aliphatic heterocycles. The summed E-state index contributed by atoms with van der Waals surface area (Å²) in [7, 11) is -6.25. The molecule has 1 saturated heterocycles. The van der Waals surface area contributed by atoms with Crippen LogP contribution in [0.2, 0.25) is 0 Å². The van der Waals surface area contributed by atoms with Crippen molar-refractivity contribution in [3.63, 3.8) is 0 Å². The van der Waals surface area contributed by atoms with Gasteiger partial charge >= 0.3 is 0 Å².